The van der Waals surface area contributed by atoms with Gasteiger partial charge in [0, 0.05) is 58.4 Å². The lowest BCUT2D eigenvalue weighted by molar-refractivity contribution is 0.669. The molecule has 266 valence electrons. The van der Waals surface area contributed by atoms with E-state index in [1.807, 2.05) is 84.1 Å². The highest BCUT2D eigenvalue weighted by Gasteiger charge is 2.20. The third-order valence-corrected chi connectivity index (χ3v) is 12.2. The Morgan fingerprint density at radius 1 is 0.386 bits per heavy atom. The van der Waals surface area contributed by atoms with Gasteiger partial charge in [0.05, 0.1) is 16.7 Å². The average Bonchev–Trinajstić information content (AvgIpc) is 3.96. The Kier molecular flexibility index (Phi) is 7.03. The molecule has 6 heteroatoms. The maximum absolute atomic E-state index is 6.46. The van der Waals surface area contributed by atoms with Crippen molar-refractivity contribution < 1.29 is 4.42 Å². The maximum Gasteiger partial charge on any atom is 0.164 e. The molecule has 0 saturated carbocycles. The van der Waals surface area contributed by atoms with Crippen LogP contribution in [0.15, 0.2) is 186 Å². The van der Waals surface area contributed by atoms with E-state index in [0.29, 0.717) is 17.5 Å². The topological polar surface area (TPSA) is 56.7 Å². The molecule has 0 saturated heterocycles. The maximum atomic E-state index is 6.46. The summed E-state index contributed by atoms with van der Waals surface area (Å²) in [6, 6.07) is 63.8. The minimum absolute atomic E-state index is 0.613. The van der Waals surface area contributed by atoms with Gasteiger partial charge in [-0.15, -0.1) is 11.3 Å². The van der Waals surface area contributed by atoms with Crippen LogP contribution >= 0.6 is 11.3 Å². The van der Waals surface area contributed by atoms with Crippen molar-refractivity contribution in [1.82, 2.24) is 19.5 Å². The third kappa shape index (κ3) is 5.04. The predicted octanol–water partition coefficient (Wildman–Crippen LogP) is 13.9. The van der Waals surface area contributed by atoms with E-state index in [2.05, 4.69) is 114 Å². The van der Waals surface area contributed by atoms with Crippen molar-refractivity contribution in [3.05, 3.63) is 182 Å². The van der Waals surface area contributed by atoms with E-state index in [1.165, 1.54) is 53.2 Å². The van der Waals surface area contributed by atoms with Gasteiger partial charge in [0.2, 0.25) is 0 Å². The van der Waals surface area contributed by atoms with Gasteiger partial charge in [-0.2, -0.15) is 0 Å². The summed E-state index contributed by atoms with van der Waals surface area (Å²) in [4.78, 5) is 14.9. The number of furan rings is 1. The number of hydrogen-bond acceptors (Lipinski definition) is 5. The standard InChI is InChI=1S/C51H30N4OS/c1-3-13-31(14-4-1)49-52-50(32-15-5-2-6-16-32)54-51(53-49)34-26-28-44-39(30-34)38-29-33(25-27-43(38)56-44)35-19-11-23-45-47(35)48-42(22-12-24-46(48)57-45)55-40-20-9-7-17-36(40)37-18-8-10-21-41(37)55/h1-30H. The van der Waals surface area contributed by atoms with Crippen LogP contribution in [-0.4, -0.2) is 19.5 Å². The predicted molar refractivity (Wildman–Crippen MR) is 236 cm³/mol. The number of para-hydroxylation sites is 2. The summed E-state index contributed by atoms with van der Waals surface area (Å²) in [5.41, 5.74) is 10.4. The Balaban J connectivity index is 1.05. The van der Waals surface area contributed by atoms with Gasteiger partial charge in [0.1, 0.15) is 11.2 Å². The molecular weight excluding hydrogens is 717 g/mol. The van der Waals surface area contributed by atoms with E-state index in [1.54, 1.807) is 0 Å². The number of aromatic nitrogens is 4. The molecule has 0 radical (unpaired) electrons. The molecule has 12 aromatic rings. The molecule has 4 aromatic heterocycles. The van der Waals surface area contributed by atoms with E-state index in [4.69, 9.17) is 19.4 Å². The molecule has 0 bridgehead atoms. The smallest absolute Gasteiger partial charge is 0.164 e. The van der Waals surface area contributed by atoms with Crippen molar-refractivity contribution in [3.8, 4) is 51.0 Å². The van der Waals surface area contributed by atoms with Crippen LogP contribution in [0, 0.1) is 0 Å². The lowest BCUT2D eigenvalue weighted by Crippen LogP contribution is -2.00. The van der Waals surface area contributed by atoms with Gasteiger partial charge in [0.25, 0.3) is 0 Å². The van der Waals surface area contributed by atoms with Crippen molar-refractivity contribution >= 4 is 75.3 Å². The van der Waals surface area contributed by atoms with Gasteiger partial charge in [-0.1, -0.05) is 121 Å². The fourth-order valence-electron chi connectivity index (χ4n) is 8.48. The Bertz CT molecular complexity index is 3420. The summed E-state index contributed by atoms with van der Waals surface area (Å²) >= 11 is 1.85. The first-order valence-corrected chi connectivity index (χ1v) is 19.8. The van der Waals surface area contributed by atoms with Crippen LogP contribution < -0.4 is 0 Å². The molecule has 8 aromatic carbocycles. The highest BCUT2D eigenvalue weighted by molar-refractivity contribution is 7.26. The molecule has 5 nitrogen and oxygen atoms in total. The zero-order valence-electron chi connectivity index (χ0n) is 30.4. The zero-order chi connectivity index (χ0) is 37.5. The molecular formula is C51H30N4OS. The zero-order valence-corrected chi connectivity index (χ0v) is 31.2. The lowest BCUT2D eigenvalue weighted by Gasteiger charge is -2.12. The largest absolute Gasteiger partial charge is 0.456 e. The van der Waals surface area contributed by atoms with Crippen molar-refractivity contribution in [3.63, 3.8) is 0 Å². The summed E-state index contributed by atoms with van der Waals surface area (Å²) in [6.07, 6.45) is 0. The van der Waals surface area contributed by atoms with E-state index in [0.717, 1.165) is 44.2 Å². The second-order valence-corrected chi connectivity index (χ2v) is 15.4. The van der Waals surface area contributed by atoms with Crippen molar-refractivity contribution in [2.24, 2.45) is 0 Å². The van der Waals surface area contributed by atoms with Gasteiger partial charge >= 0.3 is 0 Å². The Hall–Kier alpha value is -7.41. The van der Waals surface area contributed by atoms with Gasteiger partial charge in [-0.3, -0.25) is 0 Å². The average molecular weight is 747 g/mol. The summed E-state index contributed by atoms with van der Waals surface area (Å²) in [5, 5.41) is 7.09. The quantitative estimate of drug-likeness (QED) is 0.176. The lowest BCUT2D eigenvalue weighted by atomic mass is 9.97. The molecule has 0 N–H and O–H groups in total. The number of fused-ring (bicyclic) bond motifs is 9. The first-order valence-electron chi connectivity index (χ1n) is 19.0. The van der Waals surface area contributed by atoms with Crippen molar-refractivity contribution in [2.45, 2.75) is 0 Å². The van der Waals surface area contributed by atoms with Crippen LogP contribution in [0.5, 0.6) is 0 Å². The normalized spacial score (nSPS) is 11.9. The van der Waals surface area contributed by atoms with E-state index in [9.17, 15) is 0 Å². The summed E-state index contributed by atoms with van der Waals surface area (Å²) in [5.74, 6) is 1.88. The first kappa shape index (κ1) is 31.9. The molecule has 57 heavy (non-hydrogen) atoms. The van der Waals surface area contributed by atoms with Crippen LogP contribution in [0.2, 0.25) is 0 Å². The minimum atomic E-state index is 0.613. The van der Waals surface area contributed by atoms with Gasteiger partial charge < -0.3 is 8.98 Å². The summed E-state index contributed by atoms with van der Waals surface area (Å²) < 4.78 is 11.4. The van der Waals surface area contributed by atoms with Gasteiger partial charge in [-0.25, -0.2) is 15.0 Å². The third-order valence-electron chi connectivity index (χ3n) is 11.1. The monoisotopic (exact) mass is 746 g/mol. The minimum Gasteiger partial charge on any atom is -0.456 e. The van der Waals surface area contributed by atoms with Crippen LogP contribution in [0.25, 0.3) is 115 Å². The molecule has 0 aliphatic carbocycles. The van der Waals surface area contributed by atoms with Crippen LogP contribution in [0.3, 0.4) is 0 Å². The summed E-state index contributed by atoms with van der Waals surface area (Å²) in [7, 11) is 0. The van der Waals surface area contributed by atoms with E-state index >= 15 is 0 Å². The van der Waals surface area contributed by atoms with Gasteiger partial charge in [-0.05, 0) is 71.8 Å². The number of thiophene rings is 1. The fraction of sp³-hybridized carbons (Fsp3) is 0. The van der Waals surface area contributed by atoms with Crippen LogP contribution in [-0.2, 0) is 0 Å². The second-order valence-electron chi connectivity index (χ2n) is 14.4. The Labute approximate surface area is 330 Å². The van der Waals surface area contributed by atoms with E-state index < -0.39 is 0 Å². The van der Waals surface area contributed by atoms with Crippen molar-refractivity contribution in [1.29, 1.82) is 0 Å². The number of benzene rings is 8. The Morgan fingerprint density at radius 3 is 1.53 bits per heavy atom. The molecule has 0 spiro atoms. The highest BCUT2D eigenvalue weighted by Crippen LogP contribution is 2.45. The molecule has 0 aliphatic heterocycles. The molecule has 0 aliphatic rings. The van der Waals surface area contributed by atoms with Crippen molar-refractivity contribution in [2.75, 3.05) is 0 Å². The first-order chi connectivity index (χ1) is 28.2. The molecule has 4 heterocycles. The number of nitrogens with zero attached hydrogens (tertiary/aromatic N) is 4. The van der Waals surface area contributed by atoms with E-state index in [-0.39, 0.29) is 0 Å². The second kappa shape index (κ2) is 12.6. The number of rotatable bonds is 5. The molecule has 0 fully saturated rings. The summed E-state index contributed by atoms with van der Waals surface area (Å²) in [6.45, 7) is 0. The molecule has 0 unspecified atom stereocenters. The van der Waals surface area contributed by atoms with Crippen LogP contribution in [0.1, 0.15) is 0 Å². The number of hydrogen-bond donors (Lipinski definition) is 0. The Morgan fingerprint density at radius 2 is 0.895 bits per heavy atom. The molecule has 12 rings (SSSR count). The van der Waals surface area contributed by atoms with Gasteiger partial charge in [0.15, 0.2) is 17.5 Å². The molecule has 0 atom stereocenters. The SMILES string of the molecule is c1ccc(-c2nc(-c3ccccc3)nc(-c3ccc4oc5ccc(-c6cccc7sc8cccc(-n9c%10ccccc%10c%10ccccc%109)c8c67)cc5c4c3)n2)cc1. The van der Waals surface area contributed by atoms with Crippen LogP contribution in [0.4, 0.5) is 0 Å². The highest BCUT2D eigenvalue weighted by atomic mass is 32.1. The fourth-order valence-corrected chi connectivity index (χ4v) is 9.63. The molecule has 0 amide bonds.